The van der Waals surface area contributed by atoms with Crippen molar-refractivity contribution in [1.29, 1.82) is 0 Å². The van der Waals surface area contributed by atoms with E-state index in [1.165, 1.54) is 24.2 Å². The lowest BCUT2D eigenvalue weighted by Gasteiger charge is -2.40. The van der Waals surface area contributed by atoms with E-state index < -0.39 is 17.7 Å². The first-order valence-electron chi connectivity index (χ1n) is 12.3. The van der Waals surface area contributed by atoms with Gasteiger partial charge in [0, 0.05) is 25.0 Å². The fourth-order valence-electron chi connectivity index (χ4n) is 4.70. The van der Waals surface area contributed by atoms with Crippen molar-refractivity contribution in [2.45, 2.75) is 97.5 Å². The van der Waals surface area contributed by atoms with Crippen molar-refractivity contribution in [3.8, 4) is 5.75 Å². The summed E-state index contributed by atoms with van der Waals surface area (Å²) in [4.78, 5) is 30.6. The third kappa shape index (κ3) is 6.62. The largest absolute Gasteiger partial charge is 0.508 e. The van der Waals surface area contributed by atoms with Crippen molar-refractivity contribution >= 4 is 12.0 Å². The fourth-order valence-corrected chi connectivity index (χ4v) is 4.70. The lowest BCUT2D eigenvalue weighted by molar-refractivity contribution is -0.128. The number of ether oxygens (including phenoxy) is 1. The van der Waals surface area contributed by atoms with Gasteiger partial charge >= 0.3 is 6.09 Å². The first kappa shape index (κ1) is 25.3. The molecular weight excluding hydrogens is 418 g/mol. The molecule has 184 valence electrons. The topological polar surface area (TPSA) is 82.1 Å². The monoisotopic (exact) mass is 459 g/mol. The molecule has 7 heteroatoms. The van der Waals surface area contributed by atoms with E-state index in [4.69, 9.17) is 4.74 Å². The molecule has 0 radical (unpaired) electrons. The van der Waals surface area contributed by atoms with Crippen LogP contribution in [0.25, 0.3) is 0 Å². The highest BCUT2D eigenvalue weighted by molar-refractivity contribution is 5.87. The molecule has 1 aromatic rings. The minimum Gasteiger partial charge on any atom is -0.508 e. The quantitative estimate of drug-likeness (QED) is 0.694. The zero-order chi connectivity index (χ0) is 24.3. The molecule has 7 nitrogen and oxygen atoms in total. The van der Waals surface area contributed by atoms with Crippen LogP contribution < -0.4 is 5.32 Å². The summed E-state index contributed by atoms with van der Waals surface area (Å²) < 4.78 is 5.63. The van der Waals surface area contributed by atoms with Crippen LogP contribution >= 0.6 is 0 Å². The number of piperidine rings is 1. The molecule has 1 aromatic carbocycles. The molecule has 0 aliphatic carbocycles. The molecule has 1 unspecified atom stereocenters. The zero-order valence-corrected chi connectivity index (χ0v) is 21.1. The van der Waals surface area contributed by atoms with Crippen molar-refractivity contribution in [3.63, 3.8) is 0 Å². The van der Waals surface area contributed by atoms with Gasteiger partial charge < -0.3 is 15.2 Å². The van der Waals surface area contributed by atoms with Crippen LogP contribution in [0.1, 0.15) is 71.9 Å². The summed E-state index contributed by atoms with van der Waals surface area (Å²) in [6.45, 7) is 14.1. The molecule has 2 amide bonds. The van der Waals surface area contributed by atoms with Crippen LogP contribution in [0.4, 0.5) is 4.79 Å². The Labute approximate surface area is 198 Å². The summed E-state index contributed by atoms with van der Waals surface area (Å²) in [5.74, 6) is 0.269. The number of phenolic OH excluding ortho intramolecular Hbond substituents is 1. The number of phenols is 1. The second kappa shape index (κ2) is 10.3. The van der Waals surface area contributed by atoms with E-state index in [0.717, 1.165) is 24.2 Å². The number of amides is 2. The van der Waals surface area contributed by atoms with Crippen molar-refractivity contribution < 1.29 is 19.4 Å². The predicted molar refractivity (Wildman–Crippen MR) is 129 cm³/mol. The predicted octanol–water partition coefficient (Wildman–Crippen LogP) is 4.07. The number of carbonyl (C=O) groups is 2. The molecule has 33 heavy (non-hydrogen) atoms. The summed E-state index contributed by atoms with van der Waals surface area (Å²) >= 11 is 0. The van der Waals surface area contributed by atoms with Crippen LogP contribution in [-0.2, 0) is 22.5 Å². The Morgan fingerprint density at radius 2 is 1.94 bits per heavy atom. The molecule has 1 saturated heterocycles. The lowest BCUT2D eigenvalue weighted by Crippen LogP contribution is -2.58. The molecule has 2 aliphatic heterocycles. The third-order valence-corrected chi connectivity index (χ3v) is 6.75. The number of carbonyl (C=O) groups excluding carboxylic acids is 2. The van der Waals surface area contributed by atoms with Crippen molar-refractivity contribution in [3.05, 3.63) is 29.3 Å². The molecule has 2 N–H and O–H groups in total. The molecule has 1 fully saturated rings. The first-order chi connectivity index (χ1) is 15.4. The molecule has 2 heterocycles. The normalized spacial score (nSPS) is 22.6. The second-order valence-corrected chi connectivity index (χ2v) is 11.0. The maximum absolute atomic E-state index is 13.6. The van der Waals surface area contributed by atoms with Gasteiger partial charge in [-0.1, -0.05) is 26.3 Å². The molecule has 0 saturated carbocycles. The molecule has 3 atom stereocenters. The molecule has 0 bridgehead atoms. The van der Waals surface area contributed by atoms with Crippen molar-refractivity contribution in [2.75, 3.05) is 13.1 Å². The first-order valence-corrected chi connectivity index (χ1v) is 12.3. The average molecular weight is 460 g/mol. The molecule has 0 aromatic heterocycles. The second-order valence-electron chi connectivity index (χ2n) is 11.0. The smallest absolute Gasteiger partial charge is 0.411 e. The van der Waals surface area contributed by atoms with Crippen LogP contribution in [0.3, 0.4) is 0 Å². The van der Waals surface area contributed by atoms with Gasteiger partial charge in [-0.3, -0.25) is 14.6 Å². The Morgan fingerprint density at radius 3 is 2.58 bits per heavy atom. The van der Waals surface area contributed by atoms with Gasteiger partial charge in [0.05, 0.1) is 6.54 Å². The zero-order valence-electron chi connectivity index (χ0n) is 21.1. The standard InChI is InChI=1S/C26H41N3O4/c1-17(2)22(16-28-12-8-7-9-18(28)3)27-24(31)23-14-19-10-11-21(30)13-20(19)15-29(23)25(32)33-26(4,5)6/h10-11,13,17-18,22-23,30H,7-9,12,14-16H2,1-6H3,(H,27,31)/t18?,22-,23-/m1/s1. The number of likely N-dealkylation sites (tertiary alicyclic amines) is 1. The van der Waals surface area contributed by atoms with E-state index in [1.807, 2.05) is 26.8 Å². The Hall–Kier alpha value is -2.28. The van der Waals surface area contributed by atoms with Crippen molar-refractivity contribution in [1.82, 2.24) is 15.1 Å². The van der Waals surface area contributed by atoms with Gasteiger partial charge in [-0.05, 0) is 76.3 Å². The van der Waals surface area contributed by atoms with Gasteiger partial charge in [0.15, 0.2) is 0 Å². The van der Waals surface area contributed by atoms with Crippen LogP contribution in [-0.4, -0.2) is 63.7 Å². The van der Waals surface area contributed by atoms with Crippen LogP contribution in [0.15, 0.2) is 18.2 Å². The van der Waals surface area contributed by atoms with Gasteiger partial charge in [0.2, 0.25) is 5.91 Å². The lowest BCUT2D eigenvalue weighted by atomic mass is 9.92. The Balaban J connectivity index is 1.80. The number of benzene rings is 1. The van der Waals surface area contributed by atoms with Gasteiger partial charge in [-0.2, -0.15) is 0 Å². The van der Waals surface area contributed by atoms with E-state index >= 15 is 0 Å². The Bertz CT molecular complexity index is 848. The highest BCUT2D eigenvalue weighted by Gasteiger charge is 2.38. The van der Waals surface area contributed by atoms with Crippen molar-refractivity contribution in [2.24, 2.45) is 5.92 Å². The van der Waals surface area contributed by atoms with Crippen LogP contribution in [0.5, 0.6) is 5.75 Å². The summed E-state index contributed by atoms with van der Waals surface area (Å²) in [6, 6.07) is 4.99. The Kier molecular flexibility index (Phi) is 7.93. The van der Waals surface area contributed by atoms with Crippen LogP contribution in [0.2, 0.25) is 0 Å². The van der Waals surface area contributed by atoms with Gasteiger partial charge in [-0.15, -0.1) is 0 Å². The maximum Gasteiger partial charge on any atom is 0.411 e. The summed E-state index contributed by atoms with van der Waals surface area (Å²) in [5, 5.41) is 13.2. The minimum atomic E-state index is -0.665. The van der Waals surface area contributed by atoms with E-state index in [0.29, 0.717) is 12.5 Å². The highest BCUT2D eigenvalue weighted by Crippen LogP contribution is 2.28. The van der Waals surface area contributed by atoms with E-state index in [2.05, 4.69) is 31.0 Å². The number of rotatable bonds is 5. The Morgan fingerprint density at radius 1 is 1.21 bits per heavy atom. The fraction of sp³-hybridized carbons (Fsp3) is 0.692. The molecule has 3 rings (SSSR count). The molecule has 0 spiro atoms. The summed E-state index contributed by atoms with van der Waals surface area (Å²) in [7, 11) is 0. The highest BCUT2D eigenvalue weighted by atomic mass is 16.6. The number of hydrogen-bond acceptors (Lipinski definition) is 5. The number of aromatic hydroxyl groups is 1. The summed E-state index contributed by atoms with van der Waals surface area (Å²) in [6.07, 6.45) is 3.53. The SMILES string of the molecule is CC(C)[C@@H](CN1CCCCC1C)NC(=O)[C@H]1Cc2ccc(O)cc2CN1C(=O)OC(C)(C)C. The molecular formula is C26H41N3O4. The van der Waals surface area contributed by atoms with E-state index in [9.17, 15) is 14.7 Å². The van der Waals surface area contributed by atoms with E-state index in [-0.39, 0.29) is 30.2 Å². The number of nitrogens with zero attached hydrogens (tertiary/aromatic N) is 2. The minimum absolute atomic E-state index is 0.000230. The number of fused-ring (bicyclic) bond motifs is 1. The summed E-state index contributed by atoms with van der Waals surface area (Å²) in [5.41, 5.74) is 1.15. The van der Waals surface area contributed by atoms with Gasteiger partial charge in [0.1, 0.15) is 17.4 Å². The number of nitrogens with one attached hydrogen (secondary N) is 1. The van der Waals surface area contributed by atoms with Gasteiger partial charge in [-0.25, -0.2) is 4.79 Å². The molecule has 2 aliphatic rings. The van der Waals surface area contributed by atoms with Crippen LogP contribution in [0, 0.1) is 5.92 Å². The van der Waals surface area contributed by atoms with Gasteiger partial charge in [0.25, 0.3) is 0 Å². The third-order valence-electron chi connectivity index (χ3n) is 6.75. The average Bonchev–Trinajstić information content (AvgIpc) is 2.72. The maximum atomic E-state index is 13.6. The number of hydrogen-bond donors (Lipinski definition) is 2. The van der Waals surface area contributed by atoms with E-state index in [1.54, 1.807) is 12.1 Å².